The summed E-state index contributed by atoms with van der Waals surface area (Å²) in [6.07, 6.45) is 7.16. The SMILES string of the molecule is C=C.C=C/C(C)=C(\C=C/C)Cc1ccccc1C. The third-order valence-corrected chi connectivity index (χ3v) is 2.82. The van der Waals surface area contributed by atoms with Crippen LogP contribution >= 0.6 is 0 Å². The highest BCUT2D eigenvalue weighted by Crippen LogP contribution is 2.17. The zero-order valence-corrected chi connectivity index (χ0v) is 11.9. The molecule has 18 heavy (non-hydrogen) atoms. The van der Waals surface area contributed by atoms with Crippen molar-refractivity contribution >= 4 is 0 Å². The van der Waals surface area contributed by atoms with Crippen LogP contribution in [-0.4, -0.2) is 0 Å². The van der Waals surface area contributed by atoms with Crippen LogP contribution in [0.2, 0.25) is 0 Å². The summed E-state index contributed by atoms with van der Waals surface area (Å²) in [5.41, 5.74) is 5.33. The van der Waals surface area contributed by atoms with E-state index in [-0.39, 0.29) is 0 Å². The highest BCUT2D eigenvalue weighted by atomic mass is 14.1. The van der Waals surface area contributed by atoms with Gasteiger partial charge in [-0.2, -0.15) is 0 Å². The number of hydrogen-bond acceptors (Lipinski definition) is 0. The second-order valence-corrected chi connectivity index (χ2v) is 4.02. The molecule has 0 bridgehead atoms. The van der Waals surface area contributed by atoms with Crippen LogP contribution in [0.15, 0.2) is 73.4 Å². The fourth-order valence-electron chi connectivity index (χ4n) is 1.68. The first kappa shape index (κ1) is 16.2. The maximum absolute atomic E-state index is 3.84. The molecule has 1 aromatic carbocycles. The van der Waals surface area contributed by atoms with Crippen LogP contribution in [0.4, 0.5) is 0 Å². The number of rotatable bonds is 4. The van der Waals surface area contributed by atoms with E-state index in [0.29, 0.717) is 0 Å². The van der Waals surface area contributed by atoms with Crippen molar-refractivity contribution in [2.45, 2.75) is 27.2 Å². The monoisotopic (exact) mass is 240 g/mol. The van der Waals surface area contributed by atoms with Gasteiger partial charge in [0.15, 0.2) is 0 Å². The Kier molecular flexibility index (Phi) is 8.30. The van der Waals surface area contributed by atoms with E-state index in [1.165, 1.54) is 22.3 Å². The van der Waals surface area contributed by atoms with Gasteiger partial charge in [0.1, 0.15) is 0 Å². The first-order valence-electron chi connectivity index (χ1n) is 6.18. The molecule has 0 atom stereocenters. The van der Waals surface area contributed by atoms with Crippen LogP contribution in [-0.2, 0) is 6.42 Å². The average Bonchev–Trinajstić information content (AvgIpc) is 2.42. The second kappa shape index (κ2) is 9.23. The van der Waals surface area contributed by atoms with Crippen molar-refractivity contribution < 1.29 is 0 Å². The predicted molar refractivity (Wildman–Crippen MR) is 83.8 cm³/mol. The van der Waals surface area contributed by atoms with Crippen molar-refractivity contribution in [3.8, 4) is 0 Å². The smallest absolute Gasteiger partial charge is 0.00206 e. The molecule has 0 aromatic heterocycles. The van der Waals surface area contributed by atoms with Gasteiger partial charge >= 0.3 is 0 Å². The Morgan fingerprint density at radius 1 is 1.22 bits per heavy atom. The normalized spacial score (nSPS) is 11.5. The molecule has 0 amide bonds. The molecule has 1 aromatic rings. The fraction of sp³-hybridized carbons (Fsp3) is 0.222. The van der Waals surface area contributed by atoms with E-state index in [1.54, 1.807) is 0 Å². The minimum absolute atomic E-state index is 0.981. The number of allylic oxidation sites excluding steroid dienone is 5. The highest BCUT2D eigenvalue weighted by Gasteiger charge is 2.01. The van der Waals surface area contributed by atoms with Crippen molar-refractivity contribution in [3.05, 3.63) is 84.5 Å². The molecule has 0 aliphatic rings. The first-order valence-corrected chi connectivity index (χ1v) is 6.18. The molecule has 0 nitrogen and oxygen atoms in total. The lowest BCUT2D eigenvalue weighted by molar-refractivity contribution is 1.13. The fourth-order valence-corrected chi connectivity index (χ4v) is 1.68. The number of benzene rings is 1. The molecule has 0 radical (unpaired) electrons. The second-order valence-electron chi connectivity index (χ2n) is 4.02. The van der Waals surface area contributed by atoms with Gasteiger partial charge in [-0.15, -0.1) is 13.2 Å². The van der Waals surface area contributed by atoms with Crippen molar-refractivity contribution in [1.82, 2.24) is 0 Å². The average molecular weight is 240 g/mol. The van der Waals surface area contributed by atoms with Crippen LogP contribution in [0.1, 0.15) is 25.0 Å². The van der Waals surface area contributed by atoms with Gasteiger partial charge in [0, 0.05) is 0 Å². The Labute approximate surface area is 112 Å². The van der Waals surface area contributed by atoms with E-state index in [0.717, 1.165) is 6.42 Å². The van der Waals surface area contributed by atoms with Gasteiger partial charge in [-0.1, -0.05) is 49.1 Å². The van der Waals surface area contributed by atoms with E-state index in [1.807, 2.05) is 13.0 Å². The molecular formula is C18H24. The van der Waals surface area contributed by atoms with E-state index in [2.05, 4.69) is 70.0 Å². The van der Waals surface area contributed by atoms with E-state index in [4.69, 9.17) is 0 Å². The van der Waals surface area contributed by atoms with Crippen LogP contribution in [0.3, 0.4) is 0 Å². The lowest BCUT2D eigenvalue weighted by Gasteiger charge is -2.08. The van der Waals surface area contributed by atoms with Crippen molar-refractivity contribution in [3.63, 3.8) is 0 Å². The van der Waals surface area contributed by atoms with E-state index in [9.17, 15) is 0 Å². The lowest BCUT2D eigenvalue weighted by Crippen LogP contribution is -1.93. The summed E-state index contributed by atoms with van der Waals surface area (Å²) < 4.78 is 0. The Morgan fingerprint density at radius 2 is 1.83 bits per heavy atom. The van der Waals surface area contributed by atoms with Crippen molar-refractivity contribution in [2.75, 3.05) is 0 Å². The summed E-state index contributed by atoms with van der Waals surface area (Å²) >= 11 is 0. The Bertz CT molecular complexity index is 433. The molecule has 0 spiro atoms. The summed E-state index contributed by atoms with van der Waals surface area (Å²) in [4.78, 5) is 0. The van der Waals surface area contributed by atoms with Gasteiger partial charge in [-0.3, -0.25) is 0 Å². The Balaban J connectivity index is 0.00000137. The van der Waals surface area contributed by atoms with Crippen molar-refractivity contribution in [1.29, 1.82) is 0 Å². The Hall–Kier alpha value is -1.82. The van der Waals surface area contributed by atoms with E-state index < -0.39 is 0 Å². The Morgan fingerprint density at radius 3 is 2.33 bits per heavy atom. The van der Waals surface area contributed by atoms with Gasteiger partial charge in [0.05, 0.1) is 0 Å². The molecule has 0 heterocycles. The van der Waals surface area contributed by atoms with Crippen LogP contribution in [0.25, 0.3) is 0 Å². The number of hydrogen-bond donors (Lipinski definition) is 0. The van der Waals surface area contributed by atoms with Gasteiger partial charge in [0.2, 0.25) is 0 Å². The molecule has 1 rings (SSSR count). The third-order valence-electron chi connectivity index (χ3n) is 2.82. The molecule has 0 aliphatic carbocycles. The van der Waals surface area contributed by atoms with Gasteiger partial charge < -0.3 is 0 Å². The third kappa shape index (κ3) is 5.01. The molecule has 0 aliphatic heterocycles. The summed E-state index contributed by atoms with van der Waals surface area (Å²) in [5.74, 6) is 0. The largest absolute Gasteiger partial charge is 0.106 e. The topological polar surface area (TPSA) is 0 Å². The summed E-state index contributed by atoms with van der Waals surface area (Å²) in [6, 6.07) is 8.53. The zero-order valence-electron chi connectivity index (χ0n) is 11.9. The van der Waals surface area contributed by atoms with E-state index >= 15 is 0 Å². The molecular weight excluding hydrogens is 216 g/mol. The molecule has 0 saturated carbocycles. The maximum atomic E-state index is 3.84. The maximum Gasteiger partial charge on any atom is -0.00206 e. The highest BCUT2D eigenvalue weighted by molar-refractivity contribution is 5.38. The molecule has 0 heteroatoms. The van der Waals surface area contributed by atoms with Gasteiger partial charge in [-0.25, -0.2) is 0 Å². The van der Waals surface area contributed by atoms with Crippen LogP contribution in [0.5, 0.6) is 0 Å². The standard InChI is InChI=1S/C16H20.C2H4/c1-5-9-15(13(3)6-2)12-16-11-8-7-10-14(16)4;1-2/h5-11H,2,12H2,1,3-4H3;1-2H2/b9-5-,15-13+;. The lowest BCUT2D eigenvalue weighted by atomic mass is 9.97. The quantitative estimate of drug-likeness (QED) is 0.487. The minimum Gasteiger partial charge on any atom is -0.106 e. The van der Waals surface area contributed by atoms with Crippen LogP contribution < -0.4 is 0 Å². The zero-order chi connectivity index (χ0) is 14.0. The van der Waals surface area contributed by atoms with Gasteiger partial charge in [0.25, 0.3) is 0 Å². The molecule has 0 saturated heterocycles. The van der Waals surface area contributed by atoms with Crippen LogP contribution in [0, 0.1) is 6.92 Å². The molecule has 0 fully saturated rings. The van der Waals surface area contributed by atoms with Gasteiger partial charge in [-0.05, 0) is 49.5 Å². The number of aryl methyl sites for hydroxylation is 1. The van der Waals surface area contributed by atoms with Crippen molar-refractivity contribution in [2.24, 2.45) is 0 Å². The minimum atomic E-state index is 0.981. The molecule has 0 unspecified atom stereocenters. The summed E-state index contributed by atoms with van der Waals surface area (Å²) in [5, 5.41) is 0. The first-order chi connectivity index (χ1) is 8.69. The summed E-state index contributed by atoms with van der Waals surface area (Å²) in [6.45, 7) is 16.2. The predicted octanol–water partition coefficient (Wildman–Crippen LogP) is 5.42. The molecule has 0 N–H and O–H groups in total. The molecule has 96 valence electrons. The summed E-state index contributed by atoms with van der Waals surface area (Å²) in [7, 11) is 0.